The van der Waals surface area contributed by atoms with E-state index in [2.05, 4.69) is 4.98 Å². The largest absolute Gasteiger partial charge is 0.423 e. The number of nitrogen functional groups attached to an aromatic ring is 1. The summed E-state index contributed by atoms with van der Waals surface area (Å²) in [5.74, 6) is 0.0873. The summed E-state index contributed by atoms with van der Waals surface area (Å²) in [6.07, 6.45) is 1.79. The lowest BCUT2D eigenvalue weighted by molar-refractivity contribution is -0.129. The molecule has 1 aliphatic heterocycles. The predicted octanol–water partition coefficient (Wildman–Crippen LogP) is 1.47. The van der Waals surface area contributed by atoms with Gasteiger partial charge < -0.3 is 20.0 Å². The molecule has 1 atom stereocenters. The van der Waals surface area contributed by atoms with Gasteiger partial charge in [-0.15, -0.1) is 0 Å². The zero-order valence-corrected chi connectivity index (χ0v) is 11.7. The van der Waals surface area contributed by atoms with Crippen molar-refractivity contribution in [2.75, 3.05) is 31.3 Å². The zero-order valence-electron chi connectivity index (χ0n) is 11.7. The summed E-state index contributed by atoms with van der Waals surface area (Å²) >= 11 is 0. The van der Waals surface area contributed by atoms with E-state index in [9.17, 15) is 4.79 Å². The Morgan fingerprint density at radius 2 is 2.30 bits per heavy atom. The molecule has 2 heterocycles. The van der Waals surface area contributed by atoms with E-state index in [1.54, 1.807) is 37.2 Å². The van der Waals surface area contributed by atoms with Crippen LogP contribution >= 0.6 is 0 Å². The third-order valence-corrected chi connectivity index (χ3v) is 3.62. The Labute approximate surface area is 117 Å². The van der Waals surface area contributed by atoms with Crippen LogP contribution in [0.15, 0.2) is 22.6 Å². The lowest BCUT2D eigenvalue weighted by Gasteiger charge is -2.24. The first-order valence-corrected chi connectivity index (χ1v) is 6.70. The van der Waals surface area contributed by atoms with Gasteiger partial charge in [-0.3, -0.25) is 4.79 Å². The van der Waals surface area contributed by atoms with Crippen molar-refractivity contribution >= 4 is 28.7 Å². The van der Waals surface area contributed by atoms with E-state index in [1.807, 2.05) is 4.90 Å². The minimum atomic E-state index is -0.185. The maximum atomic E-state index is 12.2. The van der Waals surface area contributed by atoms with Gasteiger partial charge in [-0.2, -0.15) is 4.98 Å². The first-order valence-electron chi connectivity index (χ1n) is 6.70. The van der Waals surface area contributed by atoms with Crippen molar-refractivity contribution in [3.05, 3.63) is 18.2 Å². The van der Waals surface area contributed by atoms with E-state index in [4.69, 9.17) is 10.2 Å². The molecule has 1 unspecified atom stereocenters. The summed E-state index contributed by atoms with van der Waals surface area (Å²) in [6, 6.07) is 5.68. The second kappa shape index (κ2) is 4.70. The number of aromatic nitrogens is 1. The molecule has 0 bridgehead atoms. The number of anilines is 2. The molecule has 2 N–H and O–H groups in total. The van der Waals surface area contributed by atoms with E-state index in [1.165, 1.54) is 0 Å². The number of nitrogens with zero attached hydrogens (tertiary/aromatic N) is 3. The molecule has 0 aliphatic carbocycles. The molecule has 1 fully saturated rings. The molecule has 106 valence electrons. The fraction of sp³-hybridized carbons (Fsp3) is 0.429. The summed E-state index contributed by atoms with van der Waals surface area (Å²) in [4.78, 5) is 20.2. The number of carbonyl (C=O) groups excluding carboxylic acids is 1. The minimum Gasteiger partial charge on any atom is -0.423 e. The maximum Gasteiger partial charge on any atom is 0.299 e. The Kier molecular flexibility index (Phi) is 3.00. The molecule has 3 rings (SSSR count). The molecule has 1 amide bonds. The van der Waals surface area contributed by atoms with Crippen LogP contribution in [0.1, 0.15) is 12.8 Å². The second-order valence-corrected chi connectivity index (χ2v) is 5.31. The van der Waals surface area contributed by atoms with Gasteiger partial charge in [0, 0.05) is 26.3 Å². The standard InChI is InChI=1S/C14H18N4O2/c1-17(2)13(19)11-4-3-7-18(11)14-16-10-8-9(15)5-6-12(10)20-14/h5-6,8,11H,3-4,7,15H2,1-2H3. The summed E-state index contributed by atoms with van der Waals surface area (Å²) in [6.45, 7) is 0.784. The number of benzene rings is 1. The van der Waals surface area contributed by atoms with Crippen LogP contribution in [-0.4, -0.2) is 42.5 Å². The van der Waals surface area contributed by atoms with Crippen LogP contribution in [0.2, 0.25) is 0 Å². The van der Waals surface area contributed by atoms with E-state index in [0.29, 0.717) is 17.3 Å². The number of oxazole rings is 1. The number of hydrogen-bond acceptors (Lipinski definition) is 5. The van der Waals surface area contributed by atoms with Crippen LogP contribution in [0, 0.1) is 0 Å². The highest BCUT2D eigenvalue weighted by molar-refractivity contribution is 5.85. The van der Waals surface area contributed by atoms with Gasteiger partial charge in [0.05, 0.1) is 0 Å². The minimum absolute atomic E-state index is 0.0873. The summed E-state index contributed by atoms with van der Waals surface area (Å²) in [5, 5.41) is 0. The molecule has 0 radical (unpaired) electrons. The number of fused-ring (bicyclic) bond motifs is 1. The van der Waals surface area contributed by atoms with Gasteiger partial charge >= 0.3 is 0 Å². The molecular formula is C14H18N4O2. The molecule has 1 aromatic heterocycles. The summed E-state index contributed by atoms with van der Waals surface area (Å²) in [5.41, 5.74) is 7.82. The van der Waals surface area contributed by atoms with Crippen LogP contribution in [0.3, 0.4) is 0 Å². The molecular weight excluding hydrogens is 256 g/mol. The van der Waals surface area contributed by atoms with Gasteiger partial charge in [-0.1, -0.05) is 0 Å². The monoisotopic (exact) mass is 274 g/mol. The van der Waals surface area contributed by atoms with Crippen molar-refractivity contribution in [3.8, 4) is 0 Å². The highest BCUT2D eigenvalue weighted by Crippen LogP contribution is 2.29. The van der Waals surface area contributed by atoms with Crippen LogP contribution in [0.25, 0.3) is 11.1 Å². The van der Waals surface area contributed by atoms with E-state index < -0.39 is 0 Å². The number of likely N-dealkylation sites (N-methyl/N-ethyl adjacent to an activating group) is 1. The maximum absolute atomic E-state index is 12.2. The molecule has 20 heavy (non-hydrogen) atoms. The average Bonchev–Trinajstić information content (AvgIpc) is 3.02. The number of rotatable bonds is 2. The number of hydrogen-bond donors (Lipinski definition) is 1. The van der Waals surface area contributed by atoms with Gasteiger partial charge in [0.1, 0.15) is 11.6 Å². The quantitative estimate of drug-likeness (QED) is 0.839. The smallest absolute Gasteiger partial charge is 0.299 e. The SMILES string of the molecule is CN(C)C(=O)C1CCCN1c1nc2cc(N)ccc2o1. The van der Waals surface area contributed by atoms with E-state index >= 15 is 0 Å². The first-order chi connectivity index (χ1) is 9.56. The van der Waals surface area contributed by atoms with Crippen molar-refractivity contribution in [2.24, 2.45) is 0 Å². The van der Waals surface area contributed by atoms with Gasteiger partial charge in [-0.05, 0) is 31.0 Å². The fourth-order valence-corrected chi connectivity index (χ4v) is 2.61. The Morgan fingerprint density at radius 3 is 3.05 bits per heavy atom. The van der Waals surface area contributed by atoms with Crippen LogP contribution < -0.4 is 10.6 Å². The molecule has 1 saturated heterocycles. The van der Waals surface area contributed by atoms with Crippen molar-refractivity contribution in [1.29, 1.82) is 0 Å². The van der Waals surface area contributed by atoms with Gasteiger partial charge in [0.25, 0.3) is 6.01 Å². The molecule has 2 aromatic rings. The zero-order chi connectivity index (χ0) is 14.3. The number of carbonyl (C=O) groups is 1. The third-order valence-electron chi connectivity index (χ3n) is 3.62. The normalized spacial score (nSPS) is 18.7. The van der Waals surface area contributed by atoms with Crippen LogP contribution in [0.5, 0.6) is 0 Å². The van der Waals surface area contributed by atoms with Crippen molar-refractivity contribution in [3.63, 3.8) is 0 Å². The Hall–Kier alpha value is -2.24. The van der Waals surface area contributed by atoms with E-state index in [0.717, 1.165) is 24.9 Å². The molecule has 1 aromatic carbocycles. The predicted molar refractivity (Wildman–Crippen MR) is 77.5 cm³/mol. The molecule has 0 saturated carbocycles. The average molecular weight is 274 g/mol. The van der Waals surface area contributed by atoms with Crippen molar-refractivity contribution in [1.82, 2.24) is 9.88 Å². The van der Waals surface area contributed by atoms with Crippen molar-refractivity contribution < 1.29 is 9.21 Å². The first kappa shape index (κ1) is 12.8. The number of nitrogens with two attached hydrogens (primary N) is 1. The van der Waals surface area contributed by atoms with Gasteiger partial charge in [0.2, 0.25) is 5.91 Å². The highest BCUT2D eigenvalue weighted by atomic mass is 16.4. The highest BCUT2D eigenvalue weighted by Gasteiger charge is 2.34. The lowest BCUT2D eigenvalue weighted by atomic mass is 10.2. The molecule has 6 heteroatoms. The molecule has 1 aliphatic rings. The lowest BCUT2D eigenvalue weighted by Crippen LogP contribution is -2.42. The molecule has 0 spiro atoms. The summed E-state index contributed by atoms with van der Waals surface area (Å²) < 4.78 is 5.76. The van der Waals surface area contributed by atoms with E-state index in [-0.39, 0.29) is 11.9 Å². The Bertz CT molecular complexity index is 650. The molecule has 6 nitrogen and oxygen atoms in total. The van der Waals surface area contributed by atoms with Crippen molar-refractivity contribution in [2.45, 2.75) is 18.9 Å². The summed E-state index contributed by atoms with van der Waals surface area (Å²) in [7, 11) is 3.54. The third kappa shape index (κ3) is 2.07. The topological polar surface area (TPSA) is 75.6 Å². The van der Waals surface area contributed by atoms with Gasteiger partial charge in [-0.25, -0.2) is 0 Å². The Morgan fingerprint density at radius 1 is 1.50 bits per heavy atom. The fourth-order valence-electron chi connectivity index (χ4n) is 2.61. The second-order valence-electron chi connectivity index (χ2n) is 5.31. The van der Waals surface area contributed by atoms with Crippen LogP contribution in [0.4, 0.5) is 11.7 Å². The van der Waals surface area contributed by atoms with Gasteiger partial charge in [0.15, 0.2) is 5.58 Å². The number of amides is 1. The Balaban J connectivity index is 1.95. The van der Waals surface area contributed by atoms with Crippen LogP contribution in [-0.2, 0) is 4.79 Å².